The smallest absolute Gasteiger partial charge is 0.0577 e. The molecule has 0 saturated heterocycles. The minimum absolute atomic E-state index is 0.0771. The lowest BCUT2D eigenvalue weighted by atomic mass is 9.47. The Balaban J connectivity index is 1.28. The Morgan fingerprint density at radius 3 is 2.42 bits per heavy atom. The minimum Gasteiger partial charge on any atom is -0.393 e. The van der Waals surface area contributed by atoms with Crippen molar-refractivity contribution < 1.29 is 5.11 Å². The Morgan fingerprint density at radius 1 is 0.935 bits per heavy atom. The summed E-state index contributed by atoms with van der Waals surface area (Å²) in [6.45, 7) is 12.9. The van der Waals surface area contributed by atoms with Crippen molar-refractivity contribution in [3.05, 3.63) is 11.6 Å². The quantitative estimate of drug-likeness (QED) is 0.426. The largest absolute Gasteiger partial charge is 0.393 e. The molecular formula is C30H50O. The highest BCUT2D eigenvalue weighted by atomic mass is 16.3. The molecule has 176 valence electrons. The van der Waals surface area contributed by atoms with Gasteiger partial charge in [-0.25, -0.2) is 0 Å². The van der Waals surface area contributed by atoms with Gasteiger partial charge in [-0.3, -0.25) is 0 Å². The maximum atomic E-state index is 10.3. The molecule has 0 spiro atoms. The molecular weight excluding hydrogens is 376 g/mol. The number of hydrogen-bond donors (Lipinski definition) is 1. The van der Waals surface area contributed by atoms with Gasteiger partial charge in [-0.1, -0.05) is 52.7 Å². The SMILES string of the molecule is CC(C)[C@H](CC[C@@H](C)[C@H]1CCC2C3CC=C4C[C@@H](O)CC[C@]4(C)C3CC[C@@]21C)C1CC1. The van der Waals surface area contributed by atoms with E-state index in [0.717, 1.165) is 60.2 Å². The van der Waals surface area contributed by atoms with Crippen LogP contribution in [0.15, 0.2) is 11.6 Å². The fourth-order valence-corrected chi connectivity index (χ4v) is 9.91. The topological polar surface area (TPSA) is 20.2 Å². The van der Waals surface area contributed by atoms with Crippen molar-refractivity contribution in [2.24, 2.45) is 58.2 Å². The second-order valence-corrected chi connectivity index (χ2v) is 13.7. The third kappa shape index (κ3) is 3.77. The van der Waals surface area contributed by atoms with Crippen molar-refractivity contribution >= 4 is 0 Å². The van der Waals surface area contributed by atoms with Crippen LogP contribution < -0.4 is 0 Å². The van der Waals surface area contributed by atoms with Crippen LogP contribution in [0.4, 0.5) is 0 Å². The van der Waals surface area contributed by atoms with Gasteiger partial charge in [0, 0.05) is 0 Å². The summed E-state index contributed by atoms with van der Waals surface area (Å²) in [4.78, 5) is 0. The van der Waals surface area contributed by atoms with E-state index >= 15 is 0 Å². The van der Waals surface area contributed by atoms with Crippen LogP contribution >= 0.6 is 0 Å². The zero-order valence-corrected chi connectivity index (χ0v) is 21.2. The van der Waals surface area contributed by atoms with Crippen LogP contribution in [0.3, 0.4) is 0 Å². The number of aliphatic hydroxyl groups is 1. The van der Waals surface area contributed by atoms with E-state index in [9.17, 15) is 5.11 Å². The average molecular weight is 427 g/mol. The first kappa shape index (κ1) is 22.5. The molecule has 0 aromatic heterocycles. The molecule has 0 radical (unpaired) electrons. The van der Waals surface area contributed by atoms with Crippen molar-refractivity contribution in [2.75, 3.05) is 0 Å². The van der Waals surface area contributed by atoms with Crippen molar-refractivity contribution in [3.8, 4) is 0 Å². The highest BCUT2D eigenvalue weighted by Crippen LogP contribution is 2.67. The Labute approximate surface area is 192 Å². The molecule has 0 aromatic rings. The zero-order valence-electron chi connectivity index (χ0n) is 21.2. The third-order valence-electron chi connectivity index (χ3n) is 11.9. The standard InChI is InChI=1S/C30H50O/c1-19(2)24(21-7-8-21)10-6-20(3)26-12-13-27-25-11-9-22-18-23(31)14-16-29(22,4)28(25)15-17-30(26,27)5/h9,19-21,23-28,31H,6-8,10-18H2,1-5H3/t20-,23+,24+,25?,26-,27?,28?,29+,30-/m1/s1. The van der Waals surface area contributed by atoms with E-state index in [4.69, 9.17) is 0 Å². The minimum atomic E-state index is -0.0771. The molecule has 4 saturated carbocycles. The predicted molar refractivity (Wildman–Crippen MR) is 131 cm³/mol. The van der Waals surface area contributed by atoms with Gasteiger partial charge in [0.25, 0.3) is 0 Å². The summed E-state index contributed by atoms with van der Waals surface area (Å²) in [6.07, 6.45) is 18.9. The van der Waals surface area contributed by atoms with Crippen LogP contribution in [-0.2, 0) is 0 Å². The molecule has 1 heteroatoms. The molecule has 4 fully saturated rings. The van der Waals surface area contributed by atoms with E-state index in [-0.39, 0.29) is 6.10 Å². The van der Waals surface area contributed by atoms with Gasteiger partial charge in [-0.15, -0.1) is 0 Å². The van der Waals surface area contributed by atoms with Crippen molar-refractivity contribution in [2.45, 2.75) is 118 Å². The van der Waals surface area contributed by atoms with Crippen molar-refractivity contribution in [3.63, 3.8) is 0 Å². The predicted octanol–water partition coefficient (Wildman–Crippen LogP) is 8.02. The van der Waals surface area contributed by atoms with Crippen molar-refractivity contribution in [1.82, 2.24) is 0 Å². The maximum Gasteiger partial charge on any atom is 0.0577 e. The van der Waals surface area contributed by atoms with E-state index in [1.165, 1.54) is 64.2 Å². The summed E-state index contributed by atoms with van der Waals surface area (Å²) in [5.41, 5.74) is 2.60. The summed E-state index contributed by atoms with van der Waals surface area (Å²) in [5, 5.41) is 10.3. The number of rotatable bonds is 6. The molecule has 3 unspecified atom stereocenters. The maximum absolute atomic E-state index is 10.3. The Hall–Kier alpha value is -0.300. The average Bonchev–Trinajstić information content (AvgIpc) is 3.48. The van der Waals surface area contributed by atoms with E-state index < -0.39 is 0 Å². The number of allylic oxidation sites excluding steroid dienone is 1. The lowest BCUT2D eigenvalue weighted by molar-refractivity contribution is -0.0575. The number of hydrogen-bond acceptors (Lipinski definition) is 1. The van der Waals surface area contributed by atoms with Gasteiger partial charge in [0.2, 0.25) is 0 Å². The fourth-order valence-electron chi connectivity index (χ4n) is 9.91. The van der Waals surface area contributed by atoms with Crippen LogP contribution in [0.25, 0.3) is 0 Å². The summed E-state index contributed by atoms with van der Waals surface area (Å²) < 4.78 is 0. The van der Waals surface area contributed by atoms with E-state index in [0.29, 0.717) is 10.8 Å². The van der Waals surface area contributed by atoms with Crippen LogP contribution in [0, 0.1) is 58.2 Å². The summed E-state index contributed by atoms with van der Waals surface area (Å²) in [7, 11) is 0. The van der Waals surface area contributed by atoms with E-state index in [2.05, 4.69) is 40.7 Å². The lowest BCUT2D eigenvalue weighted by Gasteiger charge is -2.58. The zero-order chi connectivity index (χ0) is 22.0. The van der Waals surface area contributed by atoms with Gasteiger partial charge in [-0.2, -0.15) is 0 Å². The highest BCUT2D eigenvalue weighted by Gasteiger charge is 2.59. The summed E-state index contributed by atoms with van der Waals surface area (Å²) in [5.74, 6) is 7.53. The second kappa shape index (κ2) is 8.18. The molecule has 1 N–H and O–H groups in total. The Kier molecular flexibility index (Phi) is 5.93. The van der Waals surface area contributed by atoms with Gasteiger partial charge in [0.15, 0.2) is 0 Å². The molecule has 0 aromatic carbocycles. The molecule has 5 rings (SSSR count). The normalized spacial score (nSPS) is 46.7. The number of fused-ring (bicyclic) bond motifs is 5. The summed E-state index contributed by atoms with van der Waals surface area (Å²) >= 11 is 0. The fraction of sp³-hybridized carbons (Fsp3) is 0.933. The third-order valence-corrected chi connectivity index (χ3v) is 11.9. The first-order valence-electron chi connectivity index (χ1n) is 14.1. The molecule has 9 atom stereocenters. The first-order chi connectivity index (χ1) is 14.7. The highest BCUT2D eigenvalue weighted by molar-refractivity contribution is 5.25. The lowest BCUT2D eigenvalue weighted by Crippen LogP contribution is -2.50. The van der Waals surface area contributed by atoms with Crippen LogP contribution in [0.5, 0.6) is 0 Å². The van der Waals surface area contributed by atoms with E-state index in [1.807, 2.05) is 0 Å². The Morgan fingerprint density at radius 2 is 1.71 bits per heavy atom. The molecule has 5 aliphatic rings. The second-order valence-electron chi connectivity index (χ2n) is 13.7. The van der Waals surface area contributed by atoms with E-state index in [1.54, 1.807) is 5.57 Å². The van der Waals surface area contributed by atoms with Gasteiger partial charge in [0.1, 0.15) is 0 Å². The summed E-state index contributed by atoms with van der Waals surface area (Å²) in [6, 6.07) is 0. The van der Waals surface area contributed by atoms with Gasteiger partial charge in [0.05, 0.1) is 6.10 Å². The molecule has 1 nitrogen and oxygen atoms in total. The van der Waals surface area contributed by atoms with Crippen LogP contribution in [0.1, 0.15) is 112 Å². The number of aliphatic hydroxyl groups excluding tert-OH is 1. The van der Waals surface area contributed by atoms with Gasteiger partial charge >= 0.3 is 0 Å². The van der Waals surface area contributed by atoms with Gasteiger partial charge < -0.3 is 5.11 Å². The molecule has 0 heterocycles. The molecule has 0 aliphatic heterocycles. The monoisotopic (exact) mass is 426 g/mol. The van der Waals surface area contributed by atoms with Gasteiger partial charge in [-0.05, 0) is 129 Å². The molecule has 31 heavy (non-hydrogen) atoms. The Bertz CT molecular complexity index is 687. The van der Waals surface area contributed by atoms with Crippen molar-refractivity contribution in [1.29, 1.82) is 0 Å². The molecule has 0 amide bonds. The molecule has 0 bridgehead atoms. The molecule has 5 aliphatic carbocycles. The van der Waals surface area contributed by atoms with Crippen LogP contribution in [-0.4, -0.2) is 11.2 Å². The van der Waals surface area contributed by atoms with Crippen LogP contribution in [0.2, 0.25) is 0 Å². The first-order valence-corrected chi connectivity index (χ1v) is 14.1.